The minimum absolute atomic E-state index is 0.0866. The van der Waals surface area contributed by atoms with Crippen LogP contribution in [0.15, 0.2) is 48.5 Å². The van der Waals surface area contributed by atoms with Crippen molar-refractivity contribution in [3.05, 3.63) is 65.2 Å². The smallest absolute Gasteiger partial charge is 0.244 e. The molecule has 0 saturated carbocycles. The topological polar surface area (TPSA) is 41.6 Å². The highest BCUT2D eigenvalue weighted by molar-refractivity contribution is 5.92. The van der Waals surface area contributed by atoms with Crippen LogP contribution in [-0.2, 0) is 11.2 Å². The van der Waals surface area contributed by atoms with Gasteiger partial charge in [-0.05, 0) is 55.7 Å². The van der Waals surface area contributed by atoms with Crippen LogP contribution in [-0.4, -0.2) is 33.7 Å². The molecule has 0 fully saturated rings. The monoisotopic (exact) mass is 352 g/mol. The van der Waals surface area contributed by atoms with E-state index in [9.17, 15) is 4.79 Å². The first-order valence-corrected chi connectivity index (χ1v) is 8.86. The maximum Gasteiger partial charge on any atom is 0.244 e. The molecular formula is C22H28N2O2. The van der Waals surface area contributed by atoms with Crippen molar-refractivity contribution in [2.45, 2.75) is 19.8 Å². The molecule has 0 aromatic heterocycles. The standard InChI is InChI=1S/C22H28N2O2/c1-17-7-13-21(26-4)19(16-17)10-14-22(25)23-15-5-6-18-8-11-20(12-9-18)24(2)3/h7-14,16H,5-6,15H2,1-4H3,(H,23,25)/b14-10+. The van der Waals surface area contributed by atoms with E-state index in [-0.39, 0.29) is 5.91 Å². The Morgan fingerprint density at radius 2 is 1.88 bits per heavy atom. The summed E-state index contributed by atoms with van der Waals surface area (Å²) in [7, 11) is 5.70. The number of carbonyl (C=O) groups excluding carboxylic acids is 1. The predicted molar refractivity (Wildman–Crippen MR) is 109 cm³/mol. The summed E-state index contributed by atoms with van der Waals surface area (Å²) in [5, 5.41) is 2.93. The van der Waals surface area contributed by atoms with E-state index >= 15 is 0 Å². The van der Waals surface area contributed by atoms with E-state index in [0.29, 0.717) is 6.54 Å². The van der Waals surface area contributed by atoms with Crippen molar-refractivity contribution >= 4 is 17.7 Å². The molecule has 0 aliphatic carbocycles. The number of anilines is 1. The van der Waals surface area contributed by atoms with Crippen LogP contribution in [0.2, 0.25) is 0 Å². The molecule has 1 N–H and O–H groups in total. The summed E-state index contributed by atoms with van der Waals surface area (Å²) in [6, 6.07) is 14.4. The Morgan fingerprint density at radius 1 is 1.15 bits per heavy atom. The van der Waals surface area contributed by atoms with Crippen LogP contribution in [0, 0.1) is 6.92 Å². The van der Waals surface area contributed by atoms with E-state index in [4.69, 9.17) is 4.74 Å². The average molecular weight is 352 g/mol. The highest BCUT2D eigenvalue weighted by Gasteiger charge is 2.01. The molecule has 2 rings (SSSR count). The molecule has 0 bridgehead atoms. The summed E-state index contributed by atoms with van der Waals surface area (Å²) < 4.78 is 5.32. The fourth-order valence-electron chi connectivity index (χ4n) is 2.67. The summed E-state index contributed by atoms with van der Waals surface area (Å²) in [5.41, 5.74) is 4.51. The summed E-state index contributed by atoms with van der Waals surface area (Å²) >= 11 is 0. The van der Waals surface area contributed by atoms with Crippen LogP contribution >= 0.6 is 0 Å². The van der Waals surface area contributed by atoms with Gasteiger partial charge in [0.2, 0.25) is 5.91 Å². The van der Waals surface area contributed by atoms with Gasteiger partial charge in [-0.2, -0.15) is 0 Å². The highest BCUT2D eigenvalue weighted by Crippen LogP contribution is 2.20. The number of nitrogens with zero attached hydrogens (tertiary/aromatic N) is 1. The number of hydrogen-bond acceptors (Lipinski definition) is 3. The third-order valence-electron chi connectivity index (χ3n) is 4.19. The Morgan fingerprint density at radius 3 is 2.54 bits per heavy atom. The van der Waals surface area contributed by atoms with Crippen LogP contribution in [0.4, 0.5) is 5.69 Å². The van der Waals surface area contributed by atoms with Gasteiger partial charge in [-0.15, -0.1) is 0 Å². The van der Waals surface area contributed by atoms with Crippen molar-refractivity contribution < 1.29 is 9.53 Å². The van der Waals surface area contributed by atoms with Gasteiger partial charge >= 0.3 is 0 Å². The molecule has 4 nitrogen and oxygen atoms in total. The molecule has 0 aliphatic rings. The molecule has 2 aromatic carbocycles. The molecule has 0 unspecified atom stereocenters. The molecule has 0 spiro atoms. The average Bonchev–Trinajstić information content (AvgIpc) is 2.64. The Kier molecular flexibility index (Phi) is 7.27. The fraction of sp³-hybridized carbons (Fsp3) is 0.318. The third-order valence-corrected chi connectivity index (χ3v) is 4.19. The molecule has 2 aromatic rings. The molecule has 1 amide bonds. The molecular weight excluding hydrogens is 324 g/mol. The normalized spacial score (nSPS) is 10.8. The highest BCUT2D eigenvalue weighted by atomic mass is 16.5. The van der Waals surface area contributed by atoms with E-state index in [0.717, 1.165) is 29.7 Å². The number of aryl methyl sites for hydroxylation is 2. The van der Waals surface area contributed by atoms with Crippen LogP contribution < -0.4 is 15.0 Å². The van der Waals surface area contributed by atoms with Crippen molar-refractivity contribution in [1.82, 2.24) is 5.32 Å². The Hall–Kier alpha value is -2.75. The second-order valence-electron chi connectivity index (χ2n) is 6.53. The van der Waals surface area contributed by atoms with Gasteiger partial charge in [0.1, 0.15) is 5.75 Å². The van der Waals surface area contributed by atoms with Gasteiger partial charge in [-0.1, -0.05) is 23.8 Å². The van der Waals surface area contributed by atoms with Crippen molar-refractivity contribution in [3.8, 4) is 5.75 Å². The van der Waals surface area contributed by atoms with Crippen molar-refractivity contribution in [1.29, 1.82) is 0 Å². The van der Waals surface area contributed by atoms with Gasteiger partial charge in [-0.3, -0.25) is 4.79 Å². The molecule has 0 atom stereocenters. The molecule has 26 heavy (non-hydrogen) atoms. The van der Waals surface area contributed by atoms with E-state index in [1.54, 1.807) is 19.3 Å². The minimum atomic E-state index is -0.0866. The minimum Gasteiger partial charge on any atom is -0.496 e. The lowest BCUT2D eigenvalue weighted by atomic mass is 10.1. The second-order valence-corrected chi connectivity index (χ2v) is 6.53. The lowest BCUT2D eigenvalue weighted by molar-refractivity contribution is -0.116. The SMILES string of the molecule is COc1ccc(C)cc1/C=C/C(=O)NCCCc1ccc(N(C)C)cc1. The zero-order chi connectivity index (χ0) is 18.9. The quantitative estimate of drug-likeness (QED) is 0.580. The van der Waals surface area contributed by atoms with Gasteiger partial charge in [0.05, 0.1) is 7.11 Å². The molecule has 0 saturated heterocycles. The second kappa shape index (κ2) is 9.66. The zero-order valence-corrected chi connectivity index (χ0v) is 16.1. The van der Waals surface area contributed by atoms with E-state index in [2.05, 4.69) is 34.5 Å². The summed E-state index contributed by atoms with van der Waals surface area (Å²) in [6.45, 7) is 2.67. The van der Waals surface area contributed by atoms with Crippen LogP contribution in [0.3, 0.4) is 0 Å². The van der Waals surface area contributed by atoms with Crippen LogP contribution in [0.1, 0.15) is 23.1 Å². The fourth-order valence-corrected chi connectivity index (χ4v) is 2.67. The molecule has 0 radical (unpaired) electrons. The molecule has 138 valence electrons. The maximum absolute atomic E-state index is 12.0. The number of carbonyl (C=O) groups is 1. The van der Waals surface area contributed by atoms with Crippen molar-refractivity contribution in [2.24, 2.45) is 0 Å². The van der Waals surface area contributed by atoms with Crippen LogP contribution in [0.5, 0.6) is 5.75 Å². The third kappa shape index (κ3) is 5.96. The van der Waals surface area contributed by atoms with E-state index in [1.165, 1.54) is 11.3 Å². The van der Waals surface area contributed by atoms with Crippen molar-refractivity contribution in [3.63, 3.8) is 0 Å². The first-order chi connectivity index (χ1) is 12.5. The predicted octanol–water partition coefficient (Wildman–Crippen LogP) is 3.83. The lowest BCUT2D eigenvalue weighted by Crippen LogP contribution is -2.22. The zero-order valence-electron chi connectivity index (χ0n) is 16.1. The van der Waals surface area contributed by atoms with Crippen molar-refractivity contribution in [2.75, 3.05) is 32.6 Å². The van der Waals surface area contributed by atoms with E-state index in [1.807, 2.05) is 39.2 Å². The number of hydrogen-bond donors (Lipinski definition) is 1. The summed E-state index contributed by atoms with van der Waals surface area (Å²) in [5.74, 6) is 0.678. The number of rotatable bonds is 8. The summed E-state index contributed by atoms with van der Waals surface area (Å²) in [6.07, 6.45) is 5.21. The number of ether oxygens (including phenoxy) is 1. The number of methoxy groups -OCH3 is 1. The maximum atomic E-state index is 12.0. The Balaban J connectivity index is 1.77. The van der Waals surface area contributed by atoms with E-state index < -0.39 is 0 Å². The number of benzene rings is 2. The molecule has 4 heteroatoms. The van der Waals surface area contributed by atoms with Gasteiger partial charge in [-0.25, -0.2) is 0 Å². The first kappa shape index (κ1) is 19.6. The number of nitrogens with one attached hydrogen (secondary N) is 1. The Labute approximate surface area is 156 Å². The van der Waals surface area contributed by atoms with Gasteiger partial charge < -0.3 is 15.0 Å². The molecule has 0 heterocycles. The van der Waals surface area contributed by atoms with Gasteiger partial charge in [0.15, 0.2) is 0 Å². The summed E-state index contributed by atoms with van der Waals surface area (Å²) in [4.78, 5) is 14.1. The first-order valence-electron chi connectivity index (χ1n) is 8.86. The van der Waals surface area contributed by atoms with Gasteiger partial charge in [0, 0.05) is 38.0 Å². The largest absolute Gasteiger partial charge is 0.496 e. The number of amides is 1. The molecule has 0 aliphatic heterocycles. The van der Waals surface area contributed by atoms with Gasteiger partial charge in [0.25, 0.3) is 0 Å². The lowest BCUT2D eigenvalue weighted by Gasteiger charge is -2.12. The Bertz CT molecular complexity index is 749. The van der Waals surface area contributed by atoms with Crippen LogP contribution in [0.25, 0.3) is 6.08 Å².